The monoisotopic (exact) mass is 214 g/mol. The molecular formula is C11H22N2O2. The molecule has 0 radical (unpaired) electrons. The molecule has 1 saturated heterocycles. The lowest BCUT2D eigenvalue weighted by Gasteiger charge is -2.34. The number of aliphatic hydroxyl groups excluding tert-OH is 1. The highest BCUT2D eigenvalue weighted by molar-refractivity contribution is 5.78. The Morgan fingerprint density at radius 3 is 2.80 bits per heavy atom. The Balaban J connectivity index is 2.34. The molecule has 2 unspecified atom stereocenters. The standard InChI is InChI=1S/C11H22N2O2/c1-8(2)12-6-11(15)13-5-4-9(3)10(14)7-13/h8-10,12,14H,4-7H2,1-3H3. The van der Waals surface area contributed by atoms with Gasteiger partial charge in [0.15, 0.2) is 0 Å². The Kier molecular flexibility index (Phi) is 4.54. The van der Waals surface area contributed by atoms with Crippen LogP contribution < -0.4 is 5.32 Å². The number of likely N-dealkylation sites (tertiary alicyclic amines) is 1. The van der Waals surface area contributed by atoms with Crippen LogP contribution in [-0.2, 0) is 4.79 Å². The van der Waals surface area contributed by atoms with Gasteiger partial charge >= 0.3 is 0 Å². The summed E-state index contributed by atoms with van der Waals surface area (Å²) in [5.74, 6) is 0.404. The molecule has 88 valence electrons. The van der Waals surface area contributed by atoms with E-state index >= 15 is 0 Å². The third kappa shape index (κ3) is 3.80. The number of hydrogen-bond donors (Lipinski definition) is 2. The molecule has 0 aliphatic carbocycles. The zero-order chi connectivity index (χ0) is 11.4. The molecule has 1 fully saturated rings. The smallest absolute Gasteiger partial charge is 0.236 e. The summed E-state index contributed by atoms with van der Waals surface area (Å²) in [5, 5.41) is 12.8. The predicted molar refractivity (Wildman–Crippen MR) is 59.5 cm³/mol. The number of nitrogens with one attached hydrogen (secondary N) is 1. The number of β-amino-alcohol motifs (C(OH)–C–C–N with tert-alkyl or cyclic N) is 1. The second-order valence-electron chi connectivity index (χ2n) is 4.71. The summed E-state index contributed by atoms with van der Waals surface area (Å²) in [6.07, 6.45) is 0.538. The van der Waals surface area contributed by atoms with E-state index in [9.17, 15) is 9.90 Å². The zero-order valence-corrected chi connectivity index (χ0v) is 9.86. The Morgan fingerprint density at radius 1 is 1.60 bits per heavy atom. The SMILES string of the molecule is CC(C)NCC(=O)N1CCC(C)C(O)C1. The molecule has 1 amide bonds. The summed E-state index contributed by atoms with van der Waals surface area (Å²) in [6.45, 7) is 7.69. The van der Waals surface area contributed by atoms with Crippen LogP contribution >= 0.6 is 0 Å². The van der Waals surface area contributed by atoms with Gasteiger partial charge in [-0.3, -0.25) is 4.79 Å². The predicted octanol–water partition coefficient (Wildman–Crippen LogP) is 0.214. The van der Waals surface area contributed by atoms with E-state index in [1.807, 2.05) is 20.8 Å². The van der Waals surface area contributed by atoms with Crippen molar-refractivity contribution in [3.8, 4) is 0 Å². The molecule has 0 spiro atoms. The molecule has 0 aromatic rings. The van der Waals surface area contributed by atoms with E-state index in [1.165, 1.54) is 0 Å². The van der Waals surface area contributed by atoms with Gasteiger partial charge in [-0.15, -0.1) is 0 Å². The van der Waals surface area contributed by atoms with Gasteiger partial charge in [0.2, 0.25) is 5.91 Å². The van der Waals surface area contributed by atoms with E-state index in [4.69, 9.17) is 0 Å². The van der Waals surface area contributed by atoms with Gasteiger partial charge in [-0.05, 0) is 12.3 Å². The first-order valence-electron chi connectivity index (χ1n) is 5.70. The first kappa shape index (κ1) is 12.5. The van der Waals surface area contributed by atoms with Gasteiger partial charge in [0.1, 0.15) is 0 Å². The highest BCUT2D eigenvalue weighted by atomic mass is 16.3. The van der Waals surface area contributed by atoms with Crippen LogP contribution in [0.4, 0.5) is 0 Å². The molecule has 0 saturated carbocycles. The lowest BCUT2D eigenvalue weighted by molar-refractivity contribution is -0.134. The molecule has 15 heavy (non-hydrogen) atoms. The van der Waals surface area contributed by atoms with Crippen LogP contribution in [0.1, 0.15) is 27.2 Å². The topological polar surface area (TPSA) is 52.6 Å². The lowest BCUT2D eigenvalue weighted by atomic mass is 9.96. The van der Waals surface area contributed by atoms with Crippen molar-refractivity contribution in [1.29, 1.82) is 0 Å². The summed E-state index contributed by atoms with van der Waals surface area (Å²) in [5.41, 5.74) is 0. The molecule has 2 N–H and O–H groups in total. The van der Waals surface area contributed by atoms with Crippen LogP contribution in [0.3, 0.4) is 0 Å². The number of nitrogens with zero attached hydrogens (tertiary/aromatic N) is 1. The summed E-state index contributed by atoms with van der Waals surface area (Å²) >= 11 is 0. The van der Waals surface area contributed by atoms with Gasteiger partial charge < -0.3 is 15.3 Å². The Bertz CT molecular complexity index is 219. The lowest BCUT2D eigenvalue weighted by Crippen LogP contribution is -2.49. The average molecular weight is 214 g/mol. The van der Waals surface area contributed by atoms with Gasteiger partial charge in [0.05, 0.1) is 12.6 Å². The Hall–Kier alpha value is -0.610. The first-order chi connectivity index (χ1) is 7.00. The summed E-state index contributed by atoms with van der Waals surface area (Å²) in [7, 11) is 0. The number of piperidine rings is 1. The number of hydrogen-bond acceptors (Lipinski definition) is 3. The van der Waals surface area contributed by atoms with E-state index in [1.54, 1.807) is 4.90 Å². The minimum atomic E-state index is -0.359. The first-order valence-corrected chi connectivity index (χ1v) is 5.70. The maximum Gasteiger partial charge on any atom is 0.236 e. The third-order valence-electron chi connectivity index (χ3n) is 2.93. The summed E-state index contributed by atoms with van der Waals surface area (Å²) in [6, 6.07) is 0.322. The molecule has 0 bridgehead atoms. The van der Waals surface area contributed by atoms with Gasteiger partial charge in [-0.2, -0.15) is 0 Å². The van der Waals surface area contributed by atoms with Crippen molar-refractivity contribution >= 4 is 5.91 Å². The fraction of sp³-hybridized carbons (Fsp3) is 0.909. The highest BCUT2D eigenvalue weighted by Crippen LogP contribution is 2.16. The minimum absolute atomic E-state index is 0.0923. The van der Waals surface area contributed by atoms with Crippen LogP contribution in [0.25, 0.3) is 0 Å². The van der Waals surface area contributed by atoms with Crippen LogP contribution in [0.2, 0.25) is 0 Å². The van der Waals surface area contributed by atoms with Crippen molar-refractivity contribution in [2.45, 2.75) is 39.3 Å². The fourth-order valence-corrected chi connectivity index (χ4v) is 1.68. The average Bonchev–Trinajstić information content (AvgIpc) is 2.18. The highest BCUT2D eigenvalue weighted by Gasteiger charge is 2.26. The molecule has 1 aliphatic heterocycles. The van der Waals surface area contributed by atoms with E-state index < -0.39 is 0 Å². The van der Waals surface area contributed by atoms with Crippen LogP contribution in [0.15, 0.2) is 0 Å². The van der Waals surface area contributed by atoms with Crippen molar-refractivity contribution in [3.63, 3.8) is 0 Å². The third-order valence-corrected chi connectivity index (χ3v) is 2.93. The number of rotatable bonds is 3. The second-order valence-corrected chi connectivity index (χ2v) is 4.71. The van der Waals surface area contributed by atoms with Crippen molar-refractivity contribution in [3.05, 3.63) is 0 Å². The van der Waals surface area contributed by atoms with Crippen LogP contribution in [0, 0.1) is 5.92 Å². The van der Waals surface area contributed by atoms with Crippen LogP contribution in [-0.4, -0.2) is 47.7 Å². The normalized spacial score (nSPS) is 27.1. The number of carbonyl (C=O) groups excluding carboxylic acids is 1. The quantitative estimate of drug-likeness (QED) is 0.706. The van der Waals surface area contributed by atoms with Crippen molar-refractivity contribution < 1.29 is 9.90 Å². The fourth-order valence-electron chi connectivity index (χ4n) is 1.68. The van der Waals surface area contributed by atoms with Crippen molar-refractivity contribution in [2.24, 2.45) is 5.92 Å². The second kappa shape index (κ2) is 5.47. The molecule has 1 heterocycles. The van der Waals surface area contributed by atoms with E-state index in [2.05, 4.69) is 5.32 Å². The largest absolute Gasteiger partial charge is 0.391 e. The van der Waals surface area contributed by atoms with E-state index in [0.717, 1.165) is 13.0 Å². The Morgan fingerprint density at radius 2 is 2.27 bits per heavy atom. The molecule has 2 atom stereocenters. The molecule has 4 nitrogen and oxygen atoms in total. The van der Waals surface area contributed by atoms with Crippen molar-refractivity contribution in [1.82, 2.24) is 10.2 Å². The summed E-state index contributed by atoms with van der Waals surface area (Å²) < 4.78 is 0. The Labute approximate surface area is 91.6 Å². The maximum absolute atomic E-state index is 11.7. The van der Waals surface area contributed by atoms with E-state index in [-0.39, 0.29) is 12.0 Å². The zero-order valence-electron chi connectivity index (χ0n) is 9.86. The molecule has 1 aliphatic rings. The molecule has 0 aromatic heterocycles. The van der Waals surface area contributed by atoms with Gasteiger partial charge in [-0.25, -0.2) is 0 Å². The van der Waals surface area contributed by atoms with Gasteiger partial charge in [-0.1, -0.05) is 20.8 Å². The maximum atomic E-state index is 11.7. The van der Waals surface area contributed by atoms with Gasteiger partial charge in [0, 0.05) is 19.1 Å². The summed E-state index contributed by atoms with van der Waals surface area (Å²) in [4.78, 5) is 13.5. The molecular weight excluding hydrogens is 192 g/mol. The molecule has 4 heteroatoms. The molecule has 0 aromatic carbocycles. The minimum Gasteiger partial charge on any atom is -0.391 e. The van der Waals surface area contributed by atoms with E-state index in [0.29, 0.717) is 25.0 Å². The number of amides is 1. The van der Waals surface area contributed by atoms with Crippen molar-refractivity contribution in [2.75, 3.05) is 19.6 Å². The van der Waals surface area contributed by atoms with Crippen LogP contribution in [0.5, 0.6) is 0 Å². The van der Waals surface area contributed by atoms with Gasteiger partial charge in [0.25, 0.3) is 0 Å². The number of aliphatic hydroxyl groups is 1. The molecule has 1 rings (SSSR count). The number of carbonyl (C=O) groups is 1.